The second-order valence-corrected chi connectivity index (χ2v) is 8.59. The lowest BCUT2D eigenvalue weighted by Crippen LogP contribution is -2.49. The van der Waals surface area contributed by atoms with Gasteiger partial charge >= 0.3 is 0 Å². The number of hydrogen-bond donors (Lipinski definition) is 3. The third-order valence-corrected chi connectivity index (χ3v) is 6.87. The number of H-pyrrole nitrogens is 1. The number of carbonyl (C=O) groups excluding carboxylic acids is 2. The number of amides is 2. The molecule has 2 amide bonds. The lowest BCUT2D eigenvalue weighted by molar-refractivity contribution is -0.133. The zero-order chi connectivity index (χ0) is 21.3. The largest absolute Gasteiger partial charge is 0.507 e. The maximum absolute atomic E-state index is 13.3. The quantitative estimate of drug-likeness (QED) is 0.611. The third kappa shape index (κ3) is 3.46. The Bertz CT molecular complexity index is 927. The number of aromatic nitrogens is 2. The number of fused-ring (bicyclic) bond motifs is 2. The second-order valence-electron chi connectivity index (χ2n) is 8.59. The molecule has 0 spiro atoms. The Morgan fingerprint density at radius 3 is 2.90 bits per heavy atom. The number of aromatic hydroxyl groups is 1. The number of phenolic OH excluding ortho intramolecular Hbond substituents is 1. The van der Waals surface area contributed by atoms with Gasteiger partial charge in [-0.3, -0.25) is 9.59 Å². The van der Waals surface area contributed by atoms with Crippen molar-refractivity contribution in [2.45, 2.75) is 64.5 Å². The van der Waals surface area contributed by atoms with Gasteiger partial charge in [0, 0.05) is 37.4 Å². The van der Waals surface area contributed by atoms with E-state index >= 15 is 0 Å². The van der Waals surface area contributed by atoms with Gasteiger partial charge in [0.25, 0.3) is 5.91 Å². The first-order valence-corrected chi connectivity index (χ1v) is 10.8. The standard InChI is InChI=1S/C23H30N4O3/c1-3-23(22(30)26-10-4-5-20-24-11-12-25-20)14-16-7-9-19(23)27(16)21(29)17-8-6-15(2)13-18(17)28/h6,8,11-13,16,19,28H,3-5,7,9-10,14H2,1-2H3,(H,24,25)(H,26,30)/t16-,19+,23+/m1/s1. The molecular weight excluding hydrogens is 380 g/mol. The molecule has 3 heterocycles. The first kappa shape index (κ1) is 20.4. The van der Waals surface area contributed by atoms with Crippen LogP contribution in [0.15, 0.2) is 30.6 Å². The van der Waals surface area contributed by atoms with Gasteiger partial charge in [-0.15, -0.1) is 0 Å². The van der Waals surface area contributed by atoms with E-state index in [9.17, 15) is 14.7 Å². The topological polar surface area (TPSA) is 98.3 Å². The Hall–Kier alpha value is -2.83. The molecular formula is C23H30N4O3. The highest BCUT2D eigenvalue weighted by Crippen LogP contribution is 2.52. The van der Waals surface area contributed by atoms with Crippen molar-refractivity contribution < 1.29 is 14.7 Å². The highest BCUT2D eigenvalue weighted by atomic mass is 16.3. The molecule has 4 rings (SSSR count). The first-order valence-electron chi connectivity index (χ1n) is 10.8. The minimum Gasteiger partial charge on any atom is -0.507 e. The van der Waals surface area contributed by atoms with Gasteiger partial charge in [0.1, 0.15) is 11.6 Å². The summed E-state index contributed by atoms with van der Waals surface area (Å²) in [6.07, 6.45) is 8.26. The van der Waals surface area contributed by atoms with Crippen LogP contribution in [-0.4, -0.2) is 50.4 Å². The number of rotatable bonds is 7. The summed E-state index contributed by atoms with van der Waals surface area (Å²) >= 11 is 0. The molecule has 0 radical (unpaired) electrons. The fourth-order valence-corrected chi connectivity index (χ4v) is 5.30. The van der Waals surface area contributed by atoms with Gasteiger partial charge < -0.3 is 20.3 Å². The maximum Gasteiger partial charge on any atom is 0.258 e. The molecule has 3 N–H and O–H groups in total. The number of nitrogens with zero attached hydrogens (tertiary/aromatic N) is 2. The fraction of sp³-hybridized carbons (Fsp3) is 0.522. The highest BCUT2D eigenvalue weighted by molar-refractivity contribution is 5.98. The molecule has 0 unspecified atom stereocenters. The number of hydrogen-bond acceptors (Lipinski definition) is 4. The minimum atomic E-state index is -0.552. The Kier molecular flexibility index (Phi) is 5.54. The van der Waals surface area contributed by atoms with Crippen LogP contribution in [0.5, 0.6) is 5.75 Å². The molecule has 0 saturated carbocycles. The maximum atomic E-state index is 13.3. The fourth-order valence-electron chi connectivity index (χ4n) is 5.30. The zero-order valence-corrected chi connectivity index (χ0v) is 17.6. The van der Waals surface area contributed by atoms with E-state index in [0.29, 0.717) is 24.9 Å². The van der Waals surface area contributed by atoms with Crippen molar-refractivity contribution in [2.75, 3.05) is 6.54 Å². The van der Waals surface area contributed by atoms with E-state index in [2.05, 4.69) is 15.3 Å². The molecule has 30 heavy (non-hydrogen) atoms. The van der Waals surface area contributed by atoms with Crippen LogP contribution in [-0.2, 0) is 11.2 Å². The zero-order valence-electron chi connectivity index (χ0n) is 17.6. The van der Waals surface area contributed by atoms with E-state index < -0.39 is 5.41 Å². The van der Waals surface area contributed by atoms with Crippen molar-refractivity contribution in [1.29, 1.82) is 0 Å². The Morgan fingerprint density at radius 2 is 2.20 bits per heavy atom. The average molecular weight is 411 g/mol. The van der Waals surface area contributed by atoms with Crippen LogP contribution in [0.4, 0.5) is 0 Å². The van der Waals surface area contributed by atoms with E-state index in [4.69, 9.17) is 0 Å². The molecule has 2 aliphatic heterocycles. The molecule has 7 nitrogen and oxygen atoms in total. The number of imidazole rings is 1. The van der Waals surface area contributed by atoms with Gasteiger partial charge in [-0.25, -0.2) is 4.98 Å². The summed E-state index contributed by atoms with van der Waals surface area (Å²) in [4.78, 5) is 35.7. The summed E-state index contributed by atoms with van der Waals surface area (Å²) < 4.78 is 0. The van der Waals surface area contributed by atoms with E-state index in [1.54, 1.807) is 24.5 Å². The summed E-state index contributed by atoms with van der Waals surface area (Å²) in [6.45, 7) is 4.51. The van der Waals surface area contributed by atoms with Gasteiger partial charge in [0.05, 0.1) is 11.0 Å². The molecule has 7 heteroatoms. The third-order valence-electron chi connectivity index (χ3n) is 6.87. The Balaban J connectivity index is 1.45. The van der Waals surface area contributed by atoms with Crippen molar-refractivity contribution >= 4 is 11.8 Å². The lowest BCUT2D eigenvalue weighted by atomic mass is 9.71. The Labute approximate surface area is 176 Å². The highest BCUT2D eigenvalue weighted by Gasteiger charge is 2.60. The monoisotopic (exact) mass is 410 g/mol. The predicted molar refractivity (Wildman–Crippen MR) is 113 cm³/mol. The van der Waals surface area contributed by atoms with Crippen LogP contribution in [0.1, 0.15) is 60.8 Å². The predicted octanol–water partition coefficient (Wildman–Crippen LogP) is 2.95. The molecule has 0 aliphatic carbocycles. The van der Waals surface area contributed by atoms with Gasteiger partial charge in [-0.1, -0.05) is 13.0 Å². The molecule has 2 fully saturated rings. The van der Waals surface area contributed by atoms with Crippen LogP contribution >= 0.6 is 0 Å². The molecule has 2 aromatic rings. The number of benzene rings is 1. The lowest BCUT2D eigenvalue weighted by Gasteiger charge is -2.35. The van der Waals surface area contributed by atoms with Crippen LogP contribution in [0, 0.1) is 12.3 Å². The molecule has 2 aliphatic rings. The van der Waals surface area contributed by atoms with Crippen molar-refractivity contribution in [2.24, 2.45) is 5.41 Å². The molecule has 3 atom stereocenters. The molecule has 2 saturated heterocycles. The Morgan fingerprint density at radius 1 is 1.37 bits per heavy atom. The van der Waals surface area contributed by atoms with Crippen molar-refractivity contribution in [3.05, 3.63) is 47.5 Å². The van der Waals surface area contributed by atoms with E-state index in [1.165, 1.54) is 0 Å². The minimum absolute atomic E-state index is 0.00998. The second kappa shape index (κ2) is 8.13. The summed E-state index contributed by atoms with van der Waals surface area (Å²) in [5, 5.41) is 13.4. The normalized spacial score (nSPS) is 24.9. The molecule has 1 aromatic heterocycles. The molecule has 2 bridgehead atoms. The van der Waals surface area contributed by atoms with E-state index in [-0.39, 0.29) is 29.6 Å². The average Bonchev–Trinajstić information content (AvgIpc) is 3.46. The summed E-state index contributed by atoms with van der Waals surface area (Å²) in [6, 6.07) is 5.07. The van der Waals surface area contributed by atoms with Gasteiger partial charge in [0.2, 0.25) is 5.91 Å². The van der Waals surface area contributed by atoms with E-state index in [0.717, 1.165) is 37.1 Å². The number of nitrogens with one attached hydrogen (secondary N) is 2. The summed E-state index contributed by atoms with van der Waals surface area (Å²) in [5.41, 5.74) is 0.678. The SMILES string of the molecule is CC[C@]1(C(=O)NCCCc2ncc[nH]2)C[C@H]2CC[C@@H]1N2C(=O)c1ccc(C)cc1O. The number of aryl methyl sites for hydroxylation is 2. The first-order chi connectivity index (χ1) is 14.5. The van der Waals surface area contributed by atoms with Crippen LogP contribution < -0.4 is 5.32 Å². The van der Waals surface area contributed by atoms with Gasteiger partial charge in [-0.2, -0.15) is 0 Å². The van der Waals surface area contributed by atoms with E-state index in [1.807, 2.05) is 24.8 Å². The van der Waals surface area contributed by atoms with Crippen molar-refractivity contribution in [1.82, 2.24) is 20.2 Å². The van der Waals surface area contributed by atoms with Crippen molar-refractivity contribution in [3.63, 3.8) is 0 Å². The van der Waals surface area contributed by atoms with Crippen molar-refractivity contribution in [3.8, 4) is 5.75 Å². The van der Waals surface area contributed by atoms with Gasteiger partial charge in [-0.05, 0) is 56.7 Å². The number of carbonyl (C=O) groups is 2. The van der Waals surface area contributed by atoms with Crippen LogP contribution in [0.3, 0.4) is 0 Å². The van der Waals surface area contributed by atoms with Crippen LogP contribution in [0.2, 0.25) is 0 Å². The molecule has 160 valence electrons. The van der Waals surface area contributed by atoms with Gasteiger partial charge in [0.15, 0.2) is 0 Å². The number of phenols is 1. The van der Waals surface area contributed by atoms with Crippen LogP contribution in [0.25, 0.3) is 0 Å². The summed E-state index contributed by atoms with van der Waals surface area (Å²) in [5.74, 6) is 0.809. The number of aromatic amines is 1. The smallest absolute Gasteiger partial charge is 0.258 e. The molecule has 1 aromatic carbocycles. The summed E-state index contributed by atoms with van der Waals surface area (Å²) in [7, 11) is 0.